The third-order valence-electron chi connectivity index (χ3n) is 3.19. The lowest BCUT2D eigenvalue weighted by molar-refractivity contribution is -0.118. The van der Waals surface area contributed by atoms with Gasteiger partial charge in [-0.2, -0.15) is 5.10 Å². The zero-order chi connectivity index (χ0) is 14.2. The third-order valence-corrected chi connectivity index (χ3v) is 3.19. The van der Waals surface area contributed by atoms with Gasteiger partial charge < -0.3 is 11.5 Å². The number of nitrogen functional groups attached to an aromatic ring is 1. The fourth-order valence-corrected chi connectivity index (χ4v) is 2.44. The molecule has 0 fully saturated rings. The van der Waals surface area contributed by atoms with Crippen LogP contribution in [0.25, 0.3) is 11.2 Å². The van der Waals surface area contributed by atoms with Crippen molar-refractivity contribution in [3.05, 3.63) is 5.69 Å². The maximum atomic E-state index is 11.1. The second-order valence-corrected chi connectivity index (χ2v) is 4.85. The highest BCUT2D eigenvalue weighted by Crippen LogP contribution is 2.26. The standard InChI is InChI=1S/C12H20N6O/c1-4-5-8-10-11(17(3)16-8)18(12(14)15-10)7(2)6-9(13)19/h7H,4-6H2,1-3H3,(H2,13,19)(H2,14,15). The number of hydrogen-bond acceptors (Lipinski definition) is 4. The predicted octanol–water partition coefficient (Wildman–Crippen LogP) is 0.741. The highest BCUT2D eigenvalue weighted by molar-refractivity contribution is 5.79. The molecule has 7 nitrogen and oxygen atoms in total. The molecule has 0 radical (unpaired) electrons. The van der Waals surface area contributed by atoms with Crippen LogP contribution in [0.15, 0.2) is 0 Å². The van der Waals surface area contributed by atoms with Gasteiger partial charge in [0.2, 0.25) is 11.9 Å². The summed E-state index contributed by atoms with van der Waals surface area (Å²) in [5.74, 6) is 0.0406. The molecule has 1 amide bonds. The average molecular weight is 264 g/mol. The summed E-state index contributed by atoms with van der Waals surface area (Å²) in [7, 11) is 1.86. The summed E-state index contributed by atoms with van der Waals surface area (Å²) in [4.78, 5) is 15.5. The minimum Gasteiger partial charge on any atom is -0.370 e. The van der Waals surface area contributed by atoms with E-state index in [9.17, 15) is 4.79 Å². The monoisotopic (exact) mass is 264 g/mol. The first kappa shape index (κ1) is 13.4. The van der Waals surface area contributed by atoms with E-state index >= 15 is 0 Å². The van der Waals surface area contributed by atoms with E-state index in [0.717, 1.165) is 29.7 Å². The van der Waals surface area contributed by atoms with E-state index in [1.165, 1.54) is 0 Å². The summed E-state index contributed by atoms with van der Waals surface area (Å²) in [6.45, 7) is 3.99. The Morgan fingerprint density at radius 2 is 2.16 bits per heavy atom. The number of aryl methyl sites for hydroxylation is 2. The number of primary amides is 1. The summed E-state index contributed by atoms with van der Waals surface area (Å²) in [6, 6.07) is -0.132. The molecule has 7 heteroatoms. The van der Waals surface area contributed by atoms with Crippen LogP contribution >= 0.6 is 0 Å². The van der Waals surface area contributed by atoms with Crippen LogP contribution in [-0.2, 0) is 18.3 Å². The van der Waals surface area contributed by atoms with Gasteiger partial charge in [-0.15, -0.1) is 0 Å². The summed E-state index contributed by atoms with van der Waals surface area (Å²) in [5.41, 5.74) is 13.8. The highest BCUT2D eigenvalue weighted by Gasteiger charge is 2.21. The SMILES string of the molecule is CCCc1nn(C)c2c1nc(N)n2C(C)CC(N)=O. The second kappa shape index (κ2) is 4.91. The van der Waals surface area contributed by atoms with Crippen molar-refractivity contribution in [3.63, 3.8) is 0 Å². The van der Waals surface area contributed by atoms with Crippen LogP contribution in [-0.4, -0.2) is 25.2 Å². The molecule has 0 saturated heterocycles. The van der Waals surface area contributed by atoms with Crippen LogP contribution in [0.4, 0.5) is 5.95 Å². The molecule has 0 spiro atoms. The van der Waals surface area contributed by atoms with Crippen LogP contribution < -0.4 is 11.5 Å². The predicted molar refractivity (Wildman–Crippen MR) is 73.4 cm³/mol. The normalized spacial score (nSPS) is 13.0. The maximum Gasteiger partial charge on any atom is 0.219 e. The Kier molecular flexibility index (Phi) is 3.46. The van der Waals surface area contributed by atoms with E-state index in [0.29, 0.717) is 5.95 Å². The van der Waals surface area contributed by atoms with Gasteiger partial charge in [0.25, 0.3) is 0 Å². The molecule has 0 aliphatic heterocycles. The summed E-state index contributed by atoms with van der Waals surface area (Å²) in [6.07, 6.45) is 2.08. The first-order valence-corrected chi connectivity index (χ1v) is 6.43. The van der Waals surface area contributed by atoms with E-state index in [-0.39, 0.29) is 18.4 Å². The zero-order valence-corrected chi connectivity index (χ0v) is 11.6. The molecule has 2 aromatic heterocycles. The number of carbonyl (C=O) groups is 1. The molecule has 0 aliphatic carbocycles. The van der Waals surface area contributed by atoms with Gasteiger partial charge in [-0.1, -0.05) is 13.3 Å². The smallest absolute Gasteiger partial charge is 0.219 e. The molecule has 0 bridgehead atoms. The number of nitrogens with zero attached hydrogens (tertiary/aromatic N) is 4. The molecule has 2 heterocycles. The number of carbonyl (C=O) groups excluding carboxylic acids is 1. The van der Waals surface area contributed by atoms with Crippen LogP contribution in [0, 0.1) is 0 Å². The Bertz CT molecular complexity index is 611. The Labute approximate surface area is 111 Å². The number of aromatic nitrogens is 4. The van der Waals surface area contributed by atoms with Crippen molar-refractivity contribution in [2.75, 3.05) is 5.73 Å². The van der Waals surface area contributed by atoms with Gasteiger partial charge in [0, 0.05) is 19.5 Å². The van der Waals surface area contributed by atoms with Crippen molar-refractivity contribution in [3.8, 4) is 0 Å². The van der Waals surface area contributed by atoms with Crippen LogP contribution in [0.1, 0.15) is 38.4 Å². The van der Waals surface area contributed by atoms with Gasteiger partial charge in [-0.25, -0.2) is 4.98 Å². The topological polar surface area (TPSA) is 105 Å². The Hall–Kier alpha value is -2.05. The highest BCUT2D eigenvalue weighted by atomic mass is 16.1. The average Bonchev–Trinajstić information content (AvgIpc) is 2.77. The lowest BCUT2D eigenvalue weighted by atomic mass is 10.2. The third kappa shape index (κ3) is 2.27. The molecular formula is C12H20N6O. The molecule has 1 unspecified atom stereocenters. The second-order valence-electron chi connectivity index (χ2n) is 4.85. The van der Waals surface area contributed by atoms with Gasteiger partial charge >= 0.3 is 0 Å². The van der Waals surface area contributed by atoms with E-state index in [2.05, 4.69) is 17.0 Å². The number of hydrogen-bond donors (Lipinski definition) is 2. The van der Waals surface area contributed by atoms with Gasteiger partial charge in [0.1, 0.15) is 5.52 Å². The molecular weight excluding hydrogens is 244 g/mol. The number of anilines is 1. The molecule has 2 aromatic rings. The van der Waals surface area contributed by atoms with E-state index < -0.39 is 0 Å². The lowest BCUT2D eigenvalue weighted by Crippen LogP contribution is -2.19. The first-order valence-electron chi connectivity index (χ1n) is 6.43. The minimum atomic E-state index is -0.357. The lowest BCUT2D eigenvalue weighted by Gasteiger charge is -2.14. The van der Waals surface area contributed by atoms with Gasteiger partial charge in [0.15, 0.2) is 5.65 Å². The molecule has 1 atom stereocenters. The van der Waals surface area contributed by atoms with Crippen molar-refractivity contribution in [1.82, 2.24) is 19.3 Å². The van der Waals surface area contributed by atoms with Crippen molar-refractivity contribution in [1.29, 1.82) is 0 Å². The van der Waals surface area contributed by atoms with Crippen molar-refractivity contribution < 1.29 is 4.79 Å². The molecule has 0 aliphatic rings. The molecule has 4 N–H and O–H groups in total. The largest absolute Gasteiger partial charge is 0.370 e. The first-order chi connectivity index (χ1) is 8.95. The van der Waals surface area contributed by atoms with E-state index in [1.807, 2.05) is 18.5 Å². The number of rotatable bonds is 5. The van der Waals surface area contributed by atoms with Crippen LogP contribution in [0.5, 0.6) is 0 Å². The van der Waals surface area contributed by atoms with Gasteiger partial charge in [-0.05, 0) is 13.3 Å². The maximum absolute atomic E-state index is 11.1. The van der Waals surface area contributed by atoms with Gasteiger partial charge in [-0.3, -0.25) is 14.0 Å². The number of nitrogens with two attached hydrogens (primary N) is 2. The fraction of sp³-hybridized carbons (Fsp3) is 0.583. The van der Waals surface area contributed by atoms with Crippen molar-refractivity contribution >= 4 is 23.0 Å². The summed E-state index contributed by atoms with van der Waals surface area (Å²) < 4.78 is 3.59. The van der Waals surface area contributed by atoms with Crippen molar-refractivity contribution in [2.24, 2.45) is 12.8 Å². The Balaban J connectivity index is 2.55. The van der Waals surface area contributed by atoms with E-state index in [1.54, 1.807) is 4.68 Å². The van der Waals surface area contributed by atoms with Crippen LogP contribution in [0.2, 0.25) is 0 Å². The van der Waals surface area contributed by atoms with Gasteiger partial charge in [0.05, 0.1) is 5.69 Å². The molecule has 104 valence electrons. The molecule has 19 heavy (non-hydrogen) atoms. The zero-order valence-electron chi connectivity index (χ0n) is 11.6. The number of imidazole rings is 1. The van der Waals surface area contributed by atoms with Crippen LogP contribution in [0.3, 0.4) is 0 Å². The molecule has 0 saturated carbocycles. The minimum absolute atomic E-state index is 0.132. The molecule has 2 rings (SSSR count). The fourth-order valence-electron chi connectivity index (χ4n) is 2.44. The quantitative estimate of drug-likeness (QED) is 0.830. The summed E-state index contributed by atoms with van der Waals surface area (Å²) in [5, 5.41) is 4.46. The Morgan fingerprint density at radius 3 is 2.74 bits per heavy atom. The number of amides is 1. The Morgan fingerprint density at radius 1 is 1.47 bits per heavy atom. The van der Waals surface area contributed by atoms with E-state index in [4.69, 9.17) is 11.5 Å². The number of fused-ring (bicyclic) bond motifs is 1. The summed E-state index contributed by atoms with van der Waals surface area (Å²) >= 11 is 0. The van der Waals surface area contributed by atoms with Crippen molar-refractivity contribution in [2.45, 2.75) is 39.2 Å². The molecule has 0 aromatic carbocycles.